The van der Waals surface area contributed by atoms with Gasteiger partial charge in [-0.15, -0.1) is 0 Å². The molecule has 1 aromatic heterocycles. The van der Waals surface area contributed by atoms with Crippen LogP contribution < -0.4 is 5.32 Å². The Kier molecular flexibility index (Phi) is 4.74. The number of hydrogen-bond donors (Lipinski definition) is 1. The SMILES string of the molecule is Cc1cc(C(=O)NCC2(c3ccccc3)CCC(C)CC2)nn1C. The van der Waals surface area contributed by atoms with Crippen LogP contribution >= 0.6 is 0 Å². The summed E-state index contributed by atoms with van der Waals surface area (Å²) in [5, 5.41) is 7.43. The van der Waals surface area contributed by atoms with Gasteiger partial charge in [0.05, 0.1) is 0 Å². The van der Waals surface area contributed by atoms with Crippen molar-refractivity contribution >= 4 is 5.91 Å². The topological polar surface area (TPSA) is 46.9 Å². The number of carbonyl (C=O) groups is 1. The molecular weight excluding hydrogens is 298 g/mol. The molecule has 0 spiro atoms. The van der Waals surface area contributed by atoms with E-state index in [9.17, 15) is 4.79 Å². The lowest BCUT2D eigenvalue weighted by Gasteiger charge is -2.40. The maximum atomic E-state index is 12.5. The number of aryl methyl sites for hydroxylation is 2. The van der Waals surface area contributed by atoms with Crippen LogP contribution in [0, 0.1) is 12.8 Å². The van der Waals surface area contributed by atoms with Crippen molar-refractivity contribution in [2.75, 3.05) is 6.54 Å². The van der Waals surface area contributed by atoms with Crippen LogP contribution in [0.15, 0.2) is 36.4 Å². The van der Waals surface area contributed by atoms with Crippen LogP contribution in [0.25, 0.3) is 0 Å². The summed E-state index contributed by atoms with van der Waals surface area (Å²) in [6, 6.07) is 12.5. The second-order valence-electron chi connectivity index (χ2n) is 7.31. The first kappa shape index (κ1) is 16.7. The van der Waals surface area contributed by atoms with Gasteiger partial charge in [0.1, 0.15) is 5.69 Å². The van der Waals surface area contributed by atoms with Gasteiger partial charge < -0.3 is 5.32 Å². The van der Waals surface area contributed by atoms with Gasteiger partial charge in [-0.25, -0.2) is 0 Å². The number of amides is 1. The predicted molar refractivity (Wildman–Crippen MR) is 96.0 cm³/mol. The third kappa shape index (κ3) is 3.37. The molecule has 128 valence electrons. The molecule has 1 saturated carbocycles. The molecule has 3 rings (SSSR count). The molecule has 1 aliphatic carbocycles. The summed E-state index contributed by atoms with van der Waals surface area (Å²) in [5.41, 5.74) is 2.88. The molecule has 0 atom stereocenters. The van der Waals surface area contributed by atoms with Crippen LogP contribution in [-0.2, 0) is 12.5 Å². The van der Waals surface area contributed by atoms with Crippen molar-refractivity contribution < 1.29 is 4.79 Å². The lowest BCUT2D eigenvalue weighted by molar-refractivity contribution is 0.0927. The van der Waals surface area contributed by atoms with Crippen LogP contribution in [0.2, 0.25) is 0 Å². The highest BCUT2D eigenvalue weighted by atomic mass is 16.1. The fraction of sp³-hybridized carbons (Fsp3) is 0.500. The molecule has 0 saturated heterocycles. The molecule has 1 heterocycles. The Labute approximate surface area is 144 Å². The van der Waals surface area contributed by atoms with E-state index < -0.39 is 0 Å². The average Bonchev–Trinajstić information content (AvgIpc) is 2.94. The van der Waals surface area contributed by atoms with Crippen LogP contribution in [0.1, 0.15) is 54.4 Å². The van der Waals surface area contributed by atoms with Gasteiger partial charge >= 0.3 is 0 Å². The normalized spacial score (nSPS) is 23.9. The first-order chi connectivity index (χ1) is 11.5. The van der Waals surface area contributed by atoms with Gasteiger partial charge in [-0.3, -0.25) is 9.48 Å². The van der Waals surface area contributed by atoms with E-state index in [2.05, 4.69) is 47.7 Å². The van der Waals surface area contributed by atoms with Gasteiger partial charge in [-0.05, 0) is 50.2 Å². The van der Waals surface area contributed by atoms with Crippen molar-refractivity contribution in [3.05, 3.63) is 53.3 Å². The molecule has 2 aromatic rings. The first-order valence-electron chi connectivity index (χ1n) is 8.84. The monoisotopic (exact) mass is 325 g/mol. The van der Waals surface area contributed by atoms with Gasteiger partial charge in [-0.1, -0.05) is 37.3 Å². The fourth-order valence-electron chi connectivity index (χ4n) is 3.69. The smallest absolute Gasteiger partial charge is 0.271 e. The van der Waals surface area contributed by atoms with Gasteiger partial charge in [0.15, 0.2) is 0 Å². The lowest BCUT2D eigenvalue weighted by Crippen LogP contribution is -2.43. The zero-order chi connectivity index (χ0) is 17.2. The quantitative estimate of drug-likeness (QED) is 0.933. The molecule has 4 nitrogen and oxygen atoms in total. The number of nitrogens with zero attached hydrogens (tertiary/aromatic N) is 2. The third-order valence-corrected chi connectivity index (χ3v) is 5.55. The van der Waals surface area contributed by atoms with E-state index in [-0.39, 0.29) is 11.3 Å². The molecule has 0 radical (unpaired) electrons. The zero-order valence-corrected chi connectivity index (χ0v) is 14.9. The van der Waals surface area contributed by atoms with Crippen molar-refractivity contribution in [1.29, 1.82) is 0 Å². The Morgan fingerprint density at radius 3 is 2.54 bits per heavy atom. The summed E-state index contributed by atoms with van der Waals surface area (Å²) in [6.45, 7) is 4.96. The summed E-state index contributed by atoms with van der Waals surface area (Å²) in [4.78, 5) is 12.5. The van der Waals surface area contributed by atoms with Crippen LogP contribution in [0.4, 0.5) is 0 Å². The first-order valence-corrected chi connectivity index (χ1v) is 8.84. The van der Waals surface area contributed by atoms with Crippen molar-refractivity contribution in [3.8, 4) is 0 Å². The number of hydrogen-bond acceptors (Lipinski definition) is 2. The van der Waals surface area contributed by atoms with Crippen molar-refractivity contribution in [2.45, 2.75) is 44.9 Å². The third-order valence-electron chi connectivity index (χ3n) is 5.55. The Morgan fingerprint density at radius 1 is 1.29 bits per heavy atom. The molecule has 0 aliphatic heterocycles. The summed E-state index contributed by atoms with van der Waals surface area (Å²) in [6.07, 6.45) is 4.68. The minimum atomic E-state index is -0.0763. The number of aromatic nitrogens is 2. The molecular formula is C20H27N3O. The second-order valence-corrected chi connectivity index (χ2v) is 7.31. The average molecular weight is 325 g/mol. The molecule has 1 N–H and O–H groups in total. The van der Waals surface area contributed by atoms with E-state index >= 15 is 0 Å². The summed E-state index contributed by atoms with van der Waals surface area (Å²) in [5.74, 6) is 0.698. The largest absolute Gasteiger partial charge is 0.350 e. The van der Waals surface area contributed by atoms with Gasteiger partial charge in [-0.2, -0.15) is 5.10 Å². The van der Waals surface area contributed by atoms with E-state index in [0.29, 0.717) is 12.2 Å². The minimum absolute atomic E-state index is 0.0489. The van der Waals surface area contributed by atoms with E-state index in [0.717, 1.165) is 24.5 Å². The van der Waals surface area contributed by atoms with Crippen molar-refractivity contribution in [3.63, 3.8) is 0 Å². The molecule has 1 aromatic carbocycles. The Hall–Kier alpha value is -2.10. The van der Waals surface area contributed by atoms with E-state index in [1.165, 1.54) is 18.4 Å². The van der Waals surface area contributed by atoms with Gasteiger partial charge in [0.25, 0.3) is 5.91 Å². The highest BCUT2D eigenvalue weighted by Crippen LogP contribution is 2.41. The highest BCUT2D eigenvalue weighted by molar-refractivity contribution is 5.92. The molecule has 4 heteroatoms. The van der Waals surface area contributed by atoms with Crippen LogP contribution in [0.5, 0.6) is 0 Å². The number of rotatable bonds is 4. The van der Waals surface area contributed by atoms with E-state index in [1.807, 2.05) is 20.0 Å². The number of carbonyl (C=O) groups excluding carboxylic acids is 1. The highest BCUT2D eigenvalue weighted by Gasteiger charge is 2.36. The number of benzene rings is 1. The van der Waals surface area contributed by atoms with Crippen LogP contribution in [0.3, 0.4) is 0 Å². The lowest BCUT2D eigenvalue weighted by atomic mass is 9.67. The molecule has 0 bridgehead atoms. The molecule has 1 amide bonds. The Morgan fingerprint density at radius 2 is 1.96 bits per heavy atom. The van der Waals surface area contributed by atoms with Crippen molar-refractivity contribution in [2.24, 2.45) is 13.0 Å². The Balaban J connectivity index is 1.76. The summed E-state index contributed by atoms with van der Waals surface area (Å²) >= 11 is 0. The molecule has 24 heavy (non-hydrogen) atoms. The fourth-order valence-corrected chi connectivity index (χ4v) is 3.69. The molecule has 1 fully saturated rings. The maximum absolute atomic E-state index is 12.5. The van der Waals surface area contributed by atoms with Gasteiger partial charge in [0, 0.05) is 24.7 Å². The van der Waals surface area contributed by atoms with Gasteiger partial charge in [0.2, 0.25) is 0 Å². The molecule has 0 unspecified atom stereocenters. The van der Waals surface area contributed by atoms with Crippen molar-refractivity contribution in [1.82, 2.24) is 15.1 Å². The standard InChI is InChI=1S/C20H27N3O/c1-15-9-11-20(12-10-15,17-7-5-4-6-8-17)14-21-19(24)18-13-16(2)23(3)22-18/h4-8,13,15H,9-12,14H2,1-3H3,(H,21,24). The molecule has 1 aliphatic rings. The second kappa shape index (κ2) is 6.80. The predicted octanol–water partition coefficient (Wildman–Crippen LogP) is 3.61. The summed E-state index contributed by atoms with van der Waals surface area (Å²) in [7, 11) is 1.86. The minimum Gasteiger partial charge on any atom is -0.350 e. The van der Waals surface area contributed by atoms with E-state index in [1.54, 1.807) is 4.68 Å². The Bertz CT molecular complexity index is 677. The van der Waals surface area contributed by atoms with E-state index in [4.69, 9.17) is 0 Å². The summed E-state index contributed by atoms with van der Waals surface area (Å²) < 4.78 is 1.74. The zero-order valence-electron chi connectivity index (χ0n) is 14.9. The maximum Gasteiger partial charge on any atom is 0.271 e. The number of nitrogens with one attached hydrogen (secondary N) is 1. The van der Waals surface area contributed by atoms with Crippen LogP contribution in [-0.4, -0.2) is 22.2 Å².